The largest absolute Gasteiger partial charge is 0.352 e. The second-order valence-electron chi connectivity index (χ2n) is 6.16. The molecule has 22 heavy (non-hydrogen) atoms. The molecule has 0 saturated carbocycles. The number of rotatable bonds is 8. The SMILES string of the molecule is CCN1CCN(CCC(=O)NC(CN)CC(C)C)CC1.Cl.Cl. The first kappa shape index (κ1) is 24.2. The Bertz CT molecular complexity index is 285. The third kappa shape index (κ3) is 9.85. The van der Waals surface area contributed by atoms with Crippen molar-refractivity contribution in [2.75, 3.05) is 45.8 Å². The fourth-order valence-electron chi connectivity index (χ4n) is 2.67. The topological polar surface area (TPSA) is 61.6 Å². The van der Waals surface area contributed by atoms with Crippen molar-refractivity contribution in [2.45, 2.75) is 39.7 Å². The van der Waals surface area contributed by atoms with Crippen LogP contribution in [-0.4, -0.2) is 67.6 Å². The molecule has 1 heterocycles. The van der Waals surface area contributed by atoms with E-state index in [1.54, 1.807) is 0 Å². The number of piperazine rings is 1. The van der Waals surface area contributed by atoms with Gasteiger partial charge in [-0.05, 0) is 18.9 Å². The number of halogens is 2. The zero-order valence-electron chi connectivity index (χ0n) is 14.2. The third-order valence-electron chi connectivity index (χ3n) is 3.97. The highest BCUT2D eigenvalue weighted by atomic mass is 35.5. The van der Waals surface area contributed by atoms with Crippen LogP contribution in [0, 0.1) is 5.92 Å². The summed E-state index contributed by atoms with van der Waals surface area (Å²) in [6.07, 6.45) is 1.54. The quantitative estimate of drug-likeness (QED) is 0.688. The highest BCUT2D eigenvalue weighted by molar-refractivity contribution is 5.85. The van der Waals surface area contributed by atoms with E-state index in [0.29, 0.717) is 18.9 Å². The van der Waals surface area contributed by atoms with Gasteiger partial charge in [-0.3, -0.25) is 4.79 Å². The van der Waals surface area contributed by atoms with E-state index in [-0.39, 0.29) is 36.8 Å². The van der Waals surface area contributed by atoms with Crippen LogP contribution in [0.3, 0.4) is 0 Å². The molecule has 1 aliphatic heterocycles. The van der Waals surface area contributed by atoms with E-state index >= 15 is 0 Å². The van der Waals surface area contributed by atoms with E-state index in [1.165, 1.54) is 0 Å². The number of carbonyl (C=O) groups is 1. The van der Waals surface area contributed by atoms with Gasteiger partial charge in [-0.2, -0.15) is 0 Å². The number of hydrogen-bond acceptors (Lipinski definition) is 4. The number of hydrogen-bond donors (Lipinski definition) is 2. The first-order valence-electron chi connectivity index (χ1n) is 7.99. The lowest BCUT2D eigenvalue weighted by atomic mass is 10.0. The van der Waals surface area contributed by atoms with Crippen molar-refractivity contribution in [2.24, 2.45) is 11.7 Å². The molecule has 7 heteroatoms. The summed E-state index contributed by atoms with van der Waals surface area (Å²) in [7, 11) is 0. The van der Waals surface area contributed by atoms with Gasteiger partial charge < -0.3 is 20.9 Å². The molecule has 0 aromatic heterocycles. The fraction of sp³-hybridized carbons (Fsp3) is 0.933. The van der Waals surface area contributed by atoms with Gasteiger partial charge in [0.1, 0.15) is 0 Å². The maximum Gasteiger partial charge on any atom is 0.221 e. The maximum atomic E-state index is 12.0. The molecule has 0 radical (unpaired) electrons. The van der Waals surface area contributed by atoms with Crippen LogP contribution in [0.15, 0.2) is 0 Å². The number of nitrogens with zero attached hydrogens (tertiary/aromatic N) is 2. The van der Waals surface area contributed by atoms with Gasteiger partial charge in [0, 0.05) is 51.7 Å². The Hall–Kier alpha value is -0.0700. The van der Waals surface area contributed by atoms with E-state index < -0.39 is 0 Å². The van der Waals surface area contributed by atoms with Gasteiger partial charge in [-0.25, -0.2) is 0 Å². The summed E-state index contributed by atoms with van der Waals surface area (Å²) in [4.78, 5) is 16.8. The number of amides is 1. The standard InChI is InChI=1S/C15H32N4O.2ClH/c1-4-18-7-9-19(10-8-18)6-5-15(20)17-14(12-16)11-13(2)3;;/h13-14H,4-12,16H2,1-3H3,(H,17,20);2*1H. The molecule has 1 unspecified atom stereocenters. The Kier molecular flexibility index (Phi) is 14.7. The number of carbonyl (C=O) groups excluding carboxylic acids is 1. The average molecular weight is 357 g/mol. The Labute approximate surface area is 148 Å². The van der Waals surface area contributed by atoms with Crippen LogP contribution >= 0.6 is 24.8 Å². The van der Waals surface area contributed by atoms with Crippen molar-refractivity contribution in [3.05, 3.63) is 0 Å². The Morgan fingerprint density at radius 2 is 1.68 bits per heavy atom. The predicted molar refractivity (Wildman–Crippen MR) is 98.1 cm³/mol. The Balaban J connectivity index is 0. The molecule has 1 amide bonds. The molecule has 1 rings (SSSR count). The van der Waals surface area contributed by atoms with Crippen LogP contribution in [0.2, 0.25) is 0 Å². The molecule has 0 aliphatic carbocycles. The Morgan fingerprint density at radius 1 is 1.14 bits per heavy atom. The van der Waals surface area contributed by atoms with Crippen molar-refractivity contribution in [1.82, 2.24) is 15.1 Å². The zero-order chi connectivity index (χ0) is 15.0. The third-order valence-corrected chi connectivity index (χ3v) is 3.97. The van der Waals surface area contributed by atoms with Gasteiger partial charge >= 0.3 is 0 Å². The van der Waals surface area contributed by atoms with Crippen molar-refractivity contribution < 1.29 is 4.79 Å². The lowest BCUT2D eigenvalue weighted by Crippen LogP contribution is -2.47. The Morgan fingerprint density at radius 3 is 2.14 bits per heavy atom. The summed E-state index contributed by atoms with van der Waals surface area (Å²) in [5.41, 5.74) is 5.71. The van der Waals surface area contributed by atoms with Gasteiger partial charge in [0.25, 0.3) is 0 Å². The molecular weight excluding hydrogens is 323 g/mol. The summed E-state index contributed by atoms with van der Waals surface area (Å²) in [6.45, 7) is 13.4. The van der Waals surface area contributed by atoms with Crippen LogP contribution in [0.4, 0.5) is 0 Å². The molecule has 1 fully saturated rings. The number of nitrogens with one attached hydrogen (secondary N) is 1. The smallest absolute Gasteiger partial charge is 0.221 e. The number of likely N-dealkylation sites (N-methyl/N-ethyl adjacent to an activating group) is 1. The second kappa shape index (κ2) is 13.4. The van der Waals surface area contributed by atoms with Crippen LogP contribution in [0.5, 0.6) is 0 Å². The lowest BCUT2D eigenvalue weighted by Gasteiger charge is -2.33. The van der Waals surface area contributed by atoms with Crippen LogP contribution in [-0.2, 0) is 4.79 Å². The van der Waals surface area contributed by atoms with E-state index in [4.69, 9.17) is 5.73 Å². The summed E-state index contributed by atoms with van der Waals surface area (Å²) in [6, 6.07) is 0.124. The molecule has 3 N–H and O–H groups in total. The lowest BCUT2D eigenvalue weighted by molar-refractivity contribution is -0.122. The second-order valence-corrected chi connectivity index (χ2v) is 6.16. The summed E-state index contributed by atoms with van der Waals surface area (Å²) < 4.78 is 0. The average Bonchev–Trinajstić information content (AvgIpc) is 2.44. The van der Waals surface area contributed by atoms with Gasteiger partial charge in [0.2, 0.25) is 5.91 Å². The monoisotopic (exact) mass is 356 g/mol. The van der Waals surface area contributed by atoms with Crippen LogP contribution < -0.4 is 11.1 Å². The zero-order valence-corrected chi connectivity index (χ0v) is 15.8. The van der Waals surface area contributed by atoms with Crippen molar-refractivity contribution in [3.8, 4) is 0 Å². The van der Waals surface area contributed by atoms with E-state index in [2.05, 4.69) is 35.9 Å². The molecule has 5 nitrogen and oxygen atoms in total. The molecule has 1 atom stereocenters. The highest BCUT2D eigenvalue weighted by Crippen LogP contribution is 2.05. The summed E-state index contributed by atoms with van der Waals surface area (Å²) in [5.74, 6) is 0.699. The molecule has 0 aromatic rings. The van der Waals surface area contributed by atoms with E-state index in [9.17, 15) is 4.79 Å². The minimum Gasteiger partial charge on any atom is -0.352 e. The fourth-order valence-corrected chi connectivity index (χ4v) is 2.67. The van der Waals surface area contributed by atoms with Gasteiger partial charge in [-0.1, -0.05) is 20.8 Å². The van der Waals surface area contributed by atoms with Crippen molar-refractivity contribution >= 4 is 30.7 Å². The molecule has 0 bridgehead atoms. The molecule has 0 spiro atoms. The minimum absolute atomic E-state index is 0. The molecule has 1 saturated heterocycles. The molecule has 0 aromatic carbocycles. The summed E-state index contributed by atoms with van der Waals surface area (Å²) >= 11 is 0. The van der Waals surface area contributed by atoms with Gasteiger partial charge in [0.15, 0.2) is 0 Å². The highest BCUT2D eigenvalue weighted by Gasteiger charge is 2.17. The minimum atomic E-state index is 0. The van der Waals surface area contributed by atoms with Crippen molar-refractivity contribution in [1.29, 1.82) is 0 Å². The first-order valence-corrected chi connectivity index (χ1v) is 7.99. The maximum absolute atomic E-state index is 12.0. The molecule has 1 aliphatic rings. The normalized spacial score (nSPS) is 17.5. The van der Waals surface area contributed by atoms with Crippen molar-refractivity contribution in [3.63, 3.8) is 0 Å². The van der Waals surface area contributed by atoms with E-state index in [0.717, 1.165) is 45.7 Å². The first-order chi connectivity index (χ1) is 9.55. The van der Waals surface area contributed by atoms with E-state index in [1.807, 2.05) is 0 Å². The van der Waals surface area contributed by atoms with Crippen LogP contribution in [0.1, 0.15) is 33.6 Å². The molecular formula is C15H34Cl2N4O. The molecule has 134 valence electrons. The number of nitrogens with two attached hydrogens (primary N) is 1. The van der Waals surface area contributed by atoms with Crippen LogP contribution in [0.25, 0.3) is 0 Å². The summed E-state index contributed by atoms with van der Waals surface area (Å²) in [5, 5.41) is 3.06. The predicted octanol–water partition coefficient (Wildman–Crippen LogP) is 1.35. The van der Waals surface area contributed by atoms with Gasteiger partial charge in [0.05, 0.1) is 0 Å². The van der Waals surface area contributed by atoms with Gasteiger partial charge in [-0.15, -0.1) is 24.8 Å².